The number of rotatable bonds is 3. The van der Waals surface area contributed by atoms with Crippen molar-refractivity contribution in [2.75, 3.05) is 13.7 Å². The first-order valence-corrected chi connectivity index (χ1v) is 10.6. The highest BCUT2D eigenvalue weighted by Gasteiger charge is 2.36. The molecule has 0 saturated heterocycles. The number of amides is 1. The van der Waals surface area contributed by atoms with E-state index < -0.39 is 23.7 Å². The molecular formula is C26H21F3N2O2. The maximum Gasteiger partial charge on any atom is 0.416 e. The molecule has 1 atom stereocenters. The van der Waals surface area contributed by atoms with Crippen LogP contribution in [0.25, 0.3) is 10.9 Å². The number of nitrogens with one attached hydrogen (secondary N) is 1. The molecule has 5 rings (SSSR count). The van der Waals surface area contributed by atoms with Gasteiger partial charge in [0.1, 0.15) is 5.75 Å². The number of halogens is 3. The number of carbonyl (C=O) groups excluding carboxylic acids is 1. The van der Waals surface area contributed by atoms with Crippen LogP contribution >= 0.6 is 0 Å². The number of methoxy groups -OCH3 is 1. The Labute approximate surface area is 188 Å². The number of benzene rings is 3. The van der Waals surface area contributed by atoms with Crippen molar-refractivity contribution in [3.63, 3.8) is 0 Å². The first kappa shape index (κ1) is 21.1. The van der Waals surface area contributed by atoms with Gasteiger partial charge in [-0.3, -0.25) is 4.79 Å². The van der Waals surface area contributed by atoms with E-state index in [-0.39, 0.29) is 5.56 Å². The van der Waals surface area contributed by atoms with Gasteiger partial charge in [0.25, 0.3) is 5.91 Å². The van der Waals surface area contributed by atoms with Crippen LogP contribution in [0.15, 0.2) is 72.8 Å². The normalized spacial score (nSPS) is 16.0. The van der Waals surface area contributed by atoms with Gasteiger partial charge in [0.05, 0.1) is 18.7 Å². The SMILES string of the molecule is COc1ccc(C2c3[nH]c4ccccc4c3CCN2C(=O)c2cccc(C(F)(F)F)c2)cc1. The topological polar surface area (TPSA) is 45.3 Å². The molecule has 33 heavy (non-hydrogen) atoms. The highest BCUT2D eigenvalue weighted by Crippen LogP contribution is 2.40. The second-order valence-corrected chi connectivity index (χ2v) is 8.07. The summed E-state index contributed by atoms with van der Waals surface area (Å²) in [5.74, 6) is 0.244. The monoisotopic (exact) mass is 450 g/mol. The third-order valence-corrected chi connectivity index (χ3v) is 6.16. The highest BCUT2D eigenvalue weighted by molar-refractivity contribution is 5.96. The Bertz CT molecular complexity index is 1330. The van der Waals surface area contributed by atoms with Gasteiger partial charge < -0.3 is 14.6 Å². The number of hydrogen-bond donors (Lipinski definition) is 1. The van der Waals surface area contributed by atoms with Gasteiger partial charge in [-0.2, -0.15) is 13.2 Å². The van der Waals surface area contributed by atoms with Crippen molar-refractivity contribution < 1.29 is 22.7 Å². The van der Waals surface area contributed by atoms with Crippen molar-refractivity contribution in [1.29, 1.82) is 0 Å². The molecule has 1 aliphatic rings. The Balaban J connectivity index is 1.62. The van der Waals surface area contributed by atoms with E-state index in [1.165, 1.54) is 12.1 Å². The van der Waals surface area contributed by atoms with Crippen LogP contribution in [0, 0.1) is 0 Å². The number of ether oxygens (including phenoxy) is 1. The lowest BCUT2D eigenvalue weighted by Crippen LogP contribution is -2.40. The van der Waals surface area contributed by atoms with Gasteiger partial charge >= 0.3 is 6.18 Å². The van der Waals surface area contributed by atoms with Crippen molar-refractivity contribution in [1.82, 2.24) is 9.88 Å². The summed E-state index contributed by atoms with van der Waals surface area (Å²) in [6.45, 7) is 0.390. The molecule has 1 amide bonds. The van der Waals surface area contributed by atoms with Gasteiger partial charge in [-0.05, 0) is 53.9 Å². The van der Waals surface area contributed by atoms with Crippen LogP contribution in [0.5, 0.6) is 5.75 Å². The lowest BCUT2D eigenvalue weighted by Gasteiger charge is -2.36. The smallest absolute Gasteiger partial charge is 0.416 e. The van der Waals surface area contributed by atoms with E-state index in [1.807, 2.05) is 48.5 Å². The fourth-order valence-electron chi connectivity index (χ4n) is 4.59. The lowest BCUT2D eigenvalue weighted by atomic mass is 9.91. The molecule has 168 valence electrons. The number of H-pyrrole nitrogens is 1. The average Bonchev–Trinajstić information content (AvgIpc) is 3.21. The molecular weight excluding hydrogens is 429 g/mol. The molecule has 0 spiro atoms. The molecule has 7 heteroatoms. The molecule has 1 aliphatic heterocycles. The minimum absolute atomic E-state index is 0.0166. The predicted molar refractivity (Wildman–Crippen MR) is 119 cm³/mol. The van der Waals surface area contributed by atoms with E-state index in [1.54, 1.807) is 12.0 Å². The van der Waals surface area contributed by atoms with E-state index in [4.69, 9.17) is 4.74 Å². The van der Waals surface area contributed by atoms with Crippen molar-refractivity contribution in [3.05, 3.63) is 101 Å². The average molecular weight is 450 g/mol. The maximum atomic E-state index is 13.5. The number of para-hydroxylation sites is 1. The fourth-order valence-corrected chi connectivity index (χ4v) is 4.59. The Morgan fingerprint density at radius 2 is 1.79 bits per heavy atom. The van der Waals surface area contributed by atoms with Crippen LogP contribution in [0.4, 0.5) is 13.2 Å². The minimum Gasteiger partial charge on any atom is -0.497 e. The molecule has 4 nitrogen and oxygen atoms in total. The summed E-state index contributed by atoms with van der Waals surface area (Å²) in [5.41, 5.74) is 3.01. The zero-order valence-electron chi connectivity index (χ0n) is 17.8. The molecule has 0 radical (unpaired) electrons. The number of aromatic nitrogens is 1. The van der Waals surface area contributed by atoms with Gasteiger partial charge in [-0.15, -0.1) is 0 Å². The second-order valence-electron chi connectivity index (χ2n) is 8.07. The third-order valence-electron chi connectivity index (χ3n) is 6.16. The standard InChI is InChI=1S/C26H21F3N2O2/c1-33-19-11-9-16(10-12-19)24-23-21(20-7-2-3-8-22(20)30-23)13-14-31(24)25(32)17-5-4-6-18(15-17)26(27,28)29/h2-12,15,24,30H,13-14H2,1H3. The molecule has 3 aromatic carbocycles. The zero-order valence-corrected chi connectivity index (χ0v) is 17.8. The quantitative estimate of drug-likeness (QED) is 0.417. The molecule has 0 saturated carbocycles. The molecule has 0 bridgehead atoms. The number of nitrogens with zero attached hydrogens (tertiary/aromatic N) is 1. The third kappa shape index (κ3) is 3.73. The Hall–Kier alpha value is -3.74. The number of aromatic amines is 1. The second kappa shape index (κ2) is 7.99. The molecule has 1 aromatic heterocycles. The summed E-state index contributed by atoms with van der Waals surface area (Å²) >= 11 is 0. The molecule has 1 N–H and O–H groups in total. The van der Waals surface area contributed by atoms with Gasteiger partial charge in [0, 0.05) is 28.7 Å². The van der Waals surface area contributed by atoms with Crippen LogP contribution in [0.3, 0.4) is 0 Å². The van der Waals surface area contributed by atoms with Crippen molar-refractivity contribution >= 4 is 16.8 Å². The number of hydrogen-bond acceptors (Lipinski definition) is 2. The fraction of sp³-hybridized carbons (Fsp3) is 0.192. The van der Waals surface area contributed by atoms with Crippen LogP contribution in [-0.4, -0.2) is 29.4 Å². The largest absolute Gasteiger partial charge is 0.497 e. The summed E-state index contributed by atoms with van der Waals surface area (Å²) in [5, 5.41) is 1.09. The molecule has 0 fully saturated rings. The number of carbonyl (C=O) groups is 1. The predicted octanol–water partition coefficient (Wildman–Crippen LogP) is 5.98. The van der Waals surface area contributed by atoms with E-state index >= 15 is 0 Å². The summed E-state index contributed by atoms with van der Waals surface area (Å²) in [7, 11) is 1.58. The summed E-state index contributed by atoms with van der Waals surface area (Å²) in [6, 6.07) is 19.5. The van der Waals surface area contributed by atoms with Gasteiger partial charge in [-0.25, -0.2) is 0 Å². The van der Waals surface area contributed by atoms with E-state index in [2.05, 4.69) is 4.98 Å². The Morgan fingerprint density at radius 3 is 2.52 bits per heavy atom. The molecule has 0 aliphatic carbocycles. The Morgan fingerprint density at radius 1 is 1.03 bits per heavy atom. The van der Waals surface area contributed by atoms with Crippen LogP contribution < -0.4 is 4.74 Å². The van der Waals surface area contributed by atoms with E-state index in [9.17, 15) is 18.0 Å². The molecule has 1 unspecified atom stereocenters. The number of alkyl halides is 3. The summed E-state index contributed by atoms with van der Waals surface area (Å²) in [6.07, 6.45) is -3.91. The zero-order chi connectivity index (χ0) is 23.2. The van der Waals surface area contributed by atoms with Gasteiger partial charge in [-0.1, -0.05) is 36.4 Å². The van der Waals surface area contributed by atoms with Crippen molar-refractivity contribution in [2.24, 2.45) is 0 Å². The van der Waals surface area contributed by atoms with Gasteiger partial charge in [0.2, 0.25) is 0 Å². The van der Waals surface area contributed by atoms with E-state index in [0.717, 1.165) is 39.9 Å². The lowest BCUT2D eigenvalue weighted by molar-refractivity contribution is -0.137. The Kier molecular flexibility index (Phi) is 5.12. The summed E-state index contributed by atoms with van der Waals surface area (Å²) < 4.78 is 45.0. The number of fused-ring (bicyclic) bond motifs is 3. The first-order valence-electron chi connectivity index (χ1n) is 10.6. The van der Waals surface area contributed by atoms with Crippen LogP contribution in [0.2, 0.25) is 0 Å². The van der Waals surface area contributed by atoms with Crippen molar-refractivity contribution in [2.45, 2.75) is 18.6 Å². The van der Waals surface area contributed by atoms with Crippen molar-refractivity contribution in [3.8, 4) is 5.75 Å². The first-order chi connectivity index (χ1) is 15.9. The minimum atomic E-state index is -4.52. The molecule has 2 heterocycles. The molecule has 4 aromatic rings. The van der Waals surface area contributed by atoms with E-state index in [0.29, 0.717) is 18.7 Å². The summed E-state index contributed by atoms with van der Waals surface area (Å²) in [4.78, 5) is 18.6. The van der Waals surface area contributed by atoms with Crippen LogP contribution in [0.1, 0.15) is 38.8 Å². The van der Waals surface area contributed by atoms with Gasteiger partial charge in [0.15, 0.2) is 0 Å². The maximum absolute atomic E-state index is 13.5. The highest BCUT2D eigenvalue weighted by atomic mass is 19.4. The van der Waals surface area contributed by atoms with Crippen LogP contribution in [-0.2, 0) is 12.6 Å².